The molecule has 0 spiro atoms. The van der Waals surface area contributed by atoms with Gasteiger partial charge < -0.3 is 15.1 Å². The fraction of sp³-hybridized carbons (Fsp3) is 0.636. The lowest BCUT2D eigenvalue weighted by Gasteiger charge is -2.25. The minimum Gasteiger partial charge on any atom is -0.468 e. The zero-order valence-electron chi connectivity index (χ0n) is 9.26. The average molecular weight is 196 g/mol. The highest BCUT2D eigenvalue weighted by Gasteiger charge is 2.14. The minimum absolute atomic E-state index is 0.140. The van der Waals surface area contributed by atoms with E-state index in [0.717, 1.165) is 25.4 Å². The second kappa shape index (κ2) is 5.17. The normalized spacial score (nSPS) is 11.9. The Hall–Kier alpha value is -0.800. The maximum atomic E-state index is 5.23. The van der Waals surface area contributed by atoms with Gasteiger partial charge in [-0.15, -0.1) is 0 Å². The first-order chi connectivity index (χ1) is 6.64. The van der Waals surface area contributed by atoms with Gasteiger partial charge in [0.1, 0.15) is 5.76 Å². The van der Waals surface area contributed by atoms with Gasteiger partial charge in [0.05, 0.1) is 12.8 Å². The Bertz CT molecular complexity index is 242. The summed E-state index contributed by atoms with van der Waals surface area (Å²) >= 11 is 0. The van der Waals surface area contributed by atoms with Crippen molar-refractivity contribution < 1.29 is 4.42 Å². The Morgan fingerprint density at radius 3 is 2.79 bits per heavy atom. The number of furan rings is 1. The zero-order valence-corrected chi connectivity index (χ0v) is 9.26. The molecule has 0 fully saturated rings. The largest absolute Gasteiger partial charge is 0.468 e. The van der Waals surface area contributed by atoms with Crippen LogP contribution in [0.5, 0.6) is 0 Å². The molecule has 0 radical (unpaired) electrons. The summed E-state index contributed by atoms with van der Waals surface area (Å²) in [6, 6.07) is 3.89. The predicted molar refractivity (Wildman–Crippen MR) is 58.2 cm³/mol. The van der Waals surface area contributed by atoms with E-state index in [2.05, 4.69) is 31.4 Å². The summed E-state index contributed by atoms with van der Waals surface area (Å²) in [5.74, 6) is 0.984. The summed E-state index contributed by atoms with van der Waals surface area (Å²) in [6.07, 6.45) is 1.70. The first-order valence-electron chi connectivity index (χ1n) is 5.12. The maximum absolute atomic E-state index is 5.23. The monoisotopic (exact) mass is 196 g/mol. The molecule has 0 aliphatic heterocycles. The van der Waals surface area contributed by atoms with Crippen molar-refractivity contribution in [2.75, 3.05) is 13.1 Å². The van der Waals surface area contributed by atoms with Crippen LogP contribution in [0, 0.1) is 0 Å². The van der Waals surface area contributed by atoms with Crippen molar-refractivity contribution in [1.82, 2.24) is 10.6 Å². The molecule has 0 saturated heterocycles. The van der Waals surface area contributed by atoms with Gasteiger partial charge in [-0.25, -0.2) is 0 Å². The lowest BCUT2D eigenvalue weighted by Crippen LogP contribution is -2.47. The molecule has 3 nitrogen and oxygen atoms in total. The molecule has 3 heteroatoms. The fourth-order valence-electron chi connectivity index (χ4n) is 1.45. The Kier molecular flexibility index (Phi) is 4.17. The van der Waals surface area contributed by atoms with Gasteiger partial charge in [-0.05, 0) is 32.5 Å². The van der Waals surface area contributed by atoms with Crippen molar-refractivity contribution in [1.29, 1.82) is 0 Å². The number of rotatable bonds is 6. The molecule has 0 bridgehead atoms. The summed E-state index contributed by atoms with van der Waals surface area (Å²) in [5, 5.41) is 6.77. The fourth-order valence-corrected chi connectivity index (χ4v) is 1.45. The van der Waals surface area contributed by atoms with Gasteiger partial charge in [0, 0.05) is 12.1 Å². The maximum Gasteiger partial charge on any atom is 0.117 e. The molecule has 0 saturated carbocycles. The molecule has 0 aliphatic rings. The second-order valence-corrected chi connectivity index (χ2v) is 4.10. The molecule has 0 atom stereocenters. The number of nitrogens with one attached hydrogen (secondary N) is 2. The van der Waals surface area contributed by atoms with Crippen LogP contribution in [0.1, 0.15) is 26.5 Å². The third kappa shape index (κ3) is 3.94. The third-order valence-corrected chi connectivity index (χ3v) is 2.10. The molecular formula is C11H20N2O. The molecule has 0 aliphatic carbocycles. The van der Waals surface area contributed by atoms with Crippen LogP contribution in [0.4, 0.5) is 0 Å². The Morgan fingerprint density at radius 1 is 1.43 bits per heavy atom. The molecule has 1 aromatic rings. The van der Waals surface area contributed by atoms with Crippen LogP contribution in [0.25, 0.3) is 0 Å². The topological polar surface area (TPSA) is 37.2 Å². The first kappa shape index (κ1) is 11.3. The first-order valence-corrected chi connectivity index (χ1v) is 5.12. The van der Waals surface area contributed by atoms with E-state index in [9.17, 15) is 0 Å². The van der Waals surface area contributed by atoms with E-state index in [4.69, 9.17) is 4.42 Å². The van der Waals surface area contributed by atoms with Gasteiger partial charge in [0.25, 0.3) is 0 Å². The van der Waals surface area contributed by atoms with Gasteiger partial charge in [-0.3, -0.25) is 0 Å². The molecule has 0 aromatic carbocycles. The second-order valence-electron chi connectivity index (χ2n) is 4.10. The van der Waals surface area contributed by atoms with Gasteiger partial charge >= 0.3 is 0 Å². The molecular weight excluding hydrogens is 176 g/mol. The highest BCUT2D eigenvalue weighted by molar-refractivity contribution is 4.97. The van der Waals surface area contributed by atoms with Crippen molar-refractivity contribution in [2.45, 2.75) is 32.9 Å². The Balaban J connectivity index is 2.20. The van der Waals surface area contributed by atoms with Crippen molar-refractivity contribution in [3.05, 3.63) is 24.2 Å². The lowest BCUT2D eigenvalue weighted by atomic mass is 10.1. The standard InChI is InChI=1S/C11H20N2O/c1-4-13-11(2,3)9-12-8-10-6-5-7-14-10/h5-7,12-13H,4,8-9H2,1-3H3. The third-order valence-electron chi connectivity index (χ3n) is 2.10. The van der Waals surface area contributed by atoms with Gasteiger partial charge in [0.15, 0.2) is 0 Å². The van der Waals surface area contributed by atoms with Gasteiger partial charge in [0.2, 0.25) is 0 Å². The van der Waals surface area contributed by atoms with E-state index in [1.54, 1.807) is 6.26 Å². The quantitative estimate of drug-likeness (QED) is 0.728. The number of hydrogen-bond acceptors (Lipinski definition) is 3. The molecule has 80 valence electrons. The van der Waals surface area contributed by atoms with Crippen LogP contribution in [-0.4, -0.2) is 18.6 Å². The number of likely N-dealkylation sites (N-methyl/N-ethyl adjacent to an activating group) is 1. The van der Waals surface area contributed by atoms with E-state index in [-0.39, 0.29) is 5.54 Å². The summed E-state index contributed by atoms with van der Waals surface area (Å²) < 4.78 is 5.23. The Morgan fingerprint density at radius 2 is 2.21 bits per heavy atom. The van der Waals surface area contributed by atoms with E-state index in [0.29, 0.717) is 0 Å². The summed E-state index contributed by atoms with van der Waals surface area (Å²) in [7, 11) is 0. The van der Waals surface area contributed by atoms with Crippen molar-refractivity contribution in [3.8, 4) is 0 Å². The molecule has 0 amide bonds. The van der Waals surface area contributed by atoms with Crippen LogP contribution in [0.3, 0.4) is 0 Å². The molecule has 2 N–H and O–H groups in total. The van der Waals surface area contributed by atoms with Crippen molar-refractivity contribution >= 4 is 0 Å². The van der Waals surface area contributed by atoms with Gasteiger partial charge in [-0.2, -0.15) is 0 Å². The highest BCUT2D eigenvalue weighted by atomic mass is 16.3. The molecule has 1 aromatic heterocycles. The zero-order chi connectivity index (χ0) is 10.4. The van der Waals surface area contributed by atoms with Crippen LogP contribution in [0.2, 0.25) is 0 Å². The summed E-state index contributed by atoms with van der Waals surface area (Å²) in [5.41, 5.74) is 0.140. The SMILES string of the molecule is CCNC(C)(C)CNCc1ccco1. The average Bonchev–Trinajstić information content (AvgIpc) is 2.56. The van der Waals surface area contributed by atoms with Crippen LogP contribution >= 0.6 is 0 Å². The van der Waals surface area contributed by atoms with E-state index in [1.807, 2.05) is 12.1 Å². The van der Waals surface area contributed by atoms with E-state index in [1.165, 1.54) is 0 Å². The minimum atomic E-state index is 0.140. The highest BCUT2D eigenvalue weighted by Crippen LogP contribution is 2.02. The van der Waals surface area contributed by atoms with Crippen LogP contribution in [0.15, 0.2) is 22.8 Å². The summed E-state index contributed by atoms with van der Waals surface area (Å²) in [4.78, 5) is 0. The molecule has 1 heterocycles. The predicted octanol–water partition coefficient (Wildman–Crippen LogP) is 1.76. The van der Waals surface area contributed by atoms with Crippen molar-refractivity contribution in [3.63, 3.8) is 0 Å². The van der Waals surface area contributed by atoms with E-state index < -0.39 is 0 Å². The van der Waals surface area contributed by atoms with E-state index >= 15 is 0 Å². The molecule has 14 heavy (non-hydrogen) atoms. The lowest BCUT2D eigenvalue weighted by molar-refractivity contribution is 0.363. The van der Waals surface area contributed by atoms with Gasteiger partial charge in [-0.1, -0.05) is 6.92 Å². The van der Waals surface area contributed by atoms with Crippen LogP contribution < -0.4 is 10.6 Å². The Labute approximate surface area is 85.9 Å². The number of hydrogen-bond donors (Lipinski definition) is 2. The molecule has 1 rings (SSSR count). The summed E-state index contributed by atoms with van der Waals surface area (Å²) in [6.45, 7) is 9.21. The molecule has 0 unspecified atom stereocenters. The van der Waals surface area contributed by atoms with Crippen molar-refractivity contribution in [2.24, 2.45) is 0 Å². The van der Waals surface area contributed by atoms with Crippen LogP contribution in [-0.2, 0) is 6.54 Å². The smallest absolute Gasteiger partial charge is 0.117 e.